The van der Waals surface area contributed by atoms with E-state index >= 15 is 0 Å². The van der Waals surface area contributed by atoms with E-state index < -0.39 is 0 Å². The molecule has 0 amide bonds. The van der Waals surface area contributed by atoms with E-state index in [2.05, 4.69) is 22.8 Å². The molecule has 0 spiro atoms. The van der Waals surface area contributed by atoms with Gasteiger partial charge in [0.15, 0.2) is 0 Å². The van der Waals surface area contributed by atoms with Gasteiger partial charge in [0.1, 0.15) is 5.76 Å². The van der Waals surface area contributed by atoms with Gasteiger partial charge in [-0.05, 0) is 38.4 Å². The molecule has 0 saturated carbocycles. The third-order valence-electron chi connectivity index (χ3n) is 4.54. The lowest BCUT2D eigenvalue weighted by Gasteiger charge is -2.47. The first kappa shape index (κ1) is 12.2. The lowest BCUT2D eigenvalue weighted by Crippen LogP contribution is -2.58. The van der Waals surface area contributed by atoms with Crippen molar-refractivity contribution >= 4 is 0 Å². The van der Waals surface area contributed by atoms with Gasteiger partial charge in [0.25, 0.3) is 0 Å². The molecule has 0 N–H and O–H groups in total. The molecule has 3 rings (SSSR count). The molecule has 2 atom stereocenters. The SMILES string of the molecule is CC1CN2CCCCC2CN1CCc1ccco1. The van der Waals surface area contributed by atoms with E-state index in [4.69, 9.17) is 4.42 Å². The first-order chi connectivity index (χ1) is 8.83. The van der Waals surface area contributed by atoms with Crippen LogP contribution in [0, 0.1) is 0 Å². The molecule has 3 nitrogen and oxygen atoms in total. The number of hydrogen-bond acceptors (Lipinski definition) is 3. The Bertz CT molecular complexity index is 363. The fraction of sp³-hybridized carbons (Fsp3) is 0.733. The summed E-state index contributed by atoms with van der Waals surface area (Å²) < 4.78 is 5.43. The molecule has 0 aromatic carbocycles. The minimum atomic E-state index is 0.689. The first-order valence-electron chi connectivity index (χ1n) is 7.33. The normalized spacial score (nSPS) is 30.3. The highest BCUT2D eigenvalue weighted by Crippen LogP contribution is 2.24. The Morgan fingerprint density at radius 3 is 3.11 bits per heavy atom. The molecule has 0 radical (unpaired) electrons. The molecule has 0 aliphatic carbocycles. The van der Waals surface area contributed by atoms with Crippen molar-refractivity contribution in [2.24, 2.45) is 0 Å². The van der Waals surface area contributed by atoms with Crippen molar-refractivity contribution in [3.8, 4) is 0 Å². The fourth-order valence-electron chi connectivity index (χ4n) is 3.43. The molecule has 2 saturated heterocycles. The summed E-state index contributed by atoms with van der Waals surface area (Å²) in [6, 6.07) is 5.57. The van der Waals surface area contributed by atoms with Crippen molar-refractivity contribution in [2.45, 2.75) is 44.7 Å². The van der Waals surface area contributed by atoms with E-state index in [1.807, 2.05) is 6.07 Å². The maximum Gasteiger partial charge on any atom is 0.105 e. The van der Waals surface area contributed by atoms with Crippen LogP contribution in [0.15, 0.2) is 22.8 Å². The summed E-state index contributed by atoms with van der Waals surface area (Å²) in [4.78, 5) is 5.35. The molecular formula is C15H24N2O. The summed E-state index contributed by atoms with van der Waals surface area (Å²) >= 11 is 0. The van der Waals surface area contributed by atoms with Crippen molar-refractivity contribution in [1.82, 2.24) is 9.80 Å². The first-order valence-corrected chi connectivity index (χ1v) is 7.33. The van der Waals surface area contributed by atoms with Gasteiger partial charge >= 0.3 is 0 Å². The number of piperidine rings is 1. The average molecular weight is 248 g/mol. The summed E-state index contributed by atoms with van der Waals surface area (Å²) in [6.07, 6.45) is 7.03. The lowest BCUT2D eigenvalue weighted by atomic mass is 9.97. The van der Waals surface area contributed by atoms with Gasteiger partial charge in [-0.3, -0.25) is 9.80 Å². The number of fused-ring (bicyclic) bond motifs is 1. The van der Waals surface area contributed by atoms with Gasteiger partial charge in [0, 0.05) is 38.1 Å². The predicted octanol–water partition coefficient (Wildman–Crippen LogP) is 2.38. The van der Waals surface area contributed by atoms with Crippen LogP contribution < -0.4 is 0 Å². The van der Waals surface area contributed by atoms with Gasteiger partial charge in [0.2, 0.25) is 0 Å². The summed E-state index contributed by atoms with van der Waals surface area (Å²) in [7, 11) is 0. The molecule has 18 heavy (non-hydrogen) atoms. The van der Waals surface area contributed by atoms with Crippen LogP contribution in [0.1, 0.15) is 31.9 Å². The molecule has 0 bridgehead atoms. The van der Waals surface area contributed by atoms with Gasteiger partial charge in [0.05, 0.1) is 6.26 Å². The van der Waals surface area contributed by atoms with Gasteiger partial charge in [-0.1, -0.05) is 6.42 Å². The second kappa shape index (κ2) is 5.45. The molecule has 2 unspecified atom stereocenters. The Balaban J connectivity index is 1.55. The molecular weight excluding hydrogens is 224 g/mol. The molecule has 1 aromatic heterocycles. The number of hydrogen-bond donors (Lipinski definition) is 0. The zero-order valence-electron chi connectivity index (χ0n) is 11.3. The minimum absolute atomic E-state index is 0.689. The number of furan rings is 1. The monoisotopic (exact) mass is 248 g/mol. The molecule has 2 aliphatic rings. The number of piperazine rings is 1. The lowest BCUT2D eigenvalue weighted by molar-refractivity contribution is 0.0154. The van der Waals surface area contributed by atoms with Gasteiger partial charge in [-0.15, -0.1) is 0 Å². The maximum absolute atomic E-state index is 5.43. The zero-order chi connectivity index (χ0) is 12.4. The van der Waals surface area contributed by atoms with Crippen LogP contribution in [0.4, 0.5) is 0 Å². The molecule has 1 aromatic rings. The molecule has 3 heteroatoms. The largest absolute Gasteiger partial charge is 0.469 e. The van der Waals surface area contributed by atoms with Crippen molar-refractivity contribution in [1.29, 1.82) is 0 Å². The third kappa shape index (κ3) is 2.62. The van der Waals surface area contributed by atoms with Crippen LogP contribution in [0.2, 0.25) is 0 Å². The second-order valence-electron chi connectivity index (χ2n) is 5.82. The summed E-state index contributed by atoms with van der Waals surface area (Å²) in [5.41, 5.74) is 0. The number of nitrogens with zero attached hydrogens (tertiary/aromatic N) is 2. The van der Waals surface area contributed by atoms with Crippen LogP contribution in [-0.2, 0) is 6.42 Å². The molecule has 100 valence electrons. The maximum atomic E-state index is 5.43. The Morgan fingerprint density at radius 2 is 2.28 bits per heavy atom. The van der Waals surface area contributed by atoms with E-state index in [9.17, 15) is 0 Å². The zero-order valence-corrected chi connectivity index (χ0v) is 11.3. The van der Waals surface area contributed by atoms with Crippen LogP contribution in [0.25, 0.3) is 0 Å². The van der Waals surface area contributed by atoms with Crippen molar-refractivity contribution in [2.75, 3.05) is 26.2 Å². The summed E-state index contributed by atoms with van der Waals surface area (Å²) in [5.74, 6) is 1.12. The number of rotatable bonds is 3. The smallest absolute Gasteiger partial charge is 0.105 e. The van der Waals surface area contributed by atoms with E-state index in [0.717, 1.165) is 24.8 Å². The van der Waals surface area contributed by atoms with E-state index in [0.29, 0.717) is 6.04 Å². The quantitative estimate of drug-likeness (QED) is 0.819. The van der Waals surface area contributed by atoms with Gasteiger partial charge in [-0.2, -0.15) is 0 Å². The standard InChI is InChI=1S/C15H24N2O/c1-13-11-17-8-3-2-5-14(17)12-16(13)9-7-15-6-4-10-18-15/h4,6,10,13-14H,2-3,5,7-9,11-12H2,1H3. The molecule has 2 fully saturated rings. The van der Waals surface area contributed by atoms with Gasteiger partial charge in [-0.25, -0.2) is 0 Å². The average Bonchev–Trinajstić information content (AvgIpc) is 2.89. The predicted molar refractivity (Wildman–Crippen MR) is 72.7 cm³/mol. The van der Waals surface area contributed by atoms with Crippen LogP contribution in [-0.4, -0.2) is 48.1 Å². The molecule has 2 aliphatic heterocycles. The second-order valence-corrected chi connectivity index (χ2v) is 5.82. The Morgan fingerprint density at radius 1 is 1.33 bits per heavy atom. The van der Waals surface area contributed by atoms with Crippen LogP contribution in [0.5, 0.6) is 0 Å². The highest BCUT2D eigenvalue weighted by Gasteiger charge is 2.32. The fourth-order valence-corrected chi connectivity index (χ4v) is 3.43. The van der Waals surface area contributed by atoms with Crippen molar-refractivity contribution in [3.05, 3.63) is 24.2 Å². The van der Waals surface area contributed by atoms with Crippen LogP contribution in [0.3, 0.4) is 0 Å². The van der Waals surface area contributed by atoms with Gasteiger partial charge < -0.3 is 4.42 Å². The highest BCUT2D eigenvalue weighted by atomic mass is 16.3. The topological polar surface area (TPSA) is 19.6 Å². The molecule has 3 heterocycles. The third-order valence-corrected chi connectivity index (χ3v) is 4.54. The van der Waals surface area contributed by atoms with Crippen molar-refractivity contribution < 1.29 is 4.42 Å². The van der Waals surface area contributed by atoms with Crippen LogP contribution >= 0.6 is 0 Å². The van der Waals surface area contributed by atoms with E-state index in [1.165, 1.54) is 38.9 Å². The van der Waals surface area contributed by atoms with Crippen molar-refractivity contribution in [3.63, 3.8) is 0 Å². The van der Waals surface area contributed by atoms with E-state index in [-0.39, 0.29) is 0 Å². The summed E-state index contributed by atoms with van der Waals surface area (Å²) in [5, 5.41) is 0. The Labute approximate surface area is 110 Å². The summed E-state index contributed by atoms with van der Waals surface area (Å²) in [6.45, 7) is 7.33. The Hall–Kier alpha value is -0.800. The minimum Gasteiger partial charge on any atom is -0.469 e. The highest BCUT2D eigenvalue weighted by molar-refractivity contribution is 4.99. The Kier molecular flexibility index (Phi) is 3.71. The van der Waals surface area contributed by atoms with E-state index in [1.54, 1.807) is 6.26 Å².